The molecule has 1 aromatic carbocycles. The van der Waals surface area contributed by atoms with E-state index in [1.807, 2.05) is 0 Å². The zero-order chi connectivity index (χ0) is 21.7. The van der Waals surface area contributed by atoms with Crippen LogP contribution in [-0.4, -0.2) is 54.7 Å². The first-order chi connectivity index (χ1) is 14.4. The van der Waals surface area contributed by atoms with Crippen LogP contribution in [0, 0.1) is 6.92 Å². The first kappa shape index (κ1) is 21.1. The van der Waals surface area contributed by atoms with Crippen LogP contribution in [0.4, 0.5) is 5.69 Å². The third-order valence-corrected chi connectivity index (χ3v) is 5.02. The number of hydrogen-bond acceptors (Lipinski definition) is 5. The van der Waals surface area contributed by atoms with Gasteiger partial charge in [-0.2, -0.15) is 0 Å². The van der Waals surface area contributed by atoms with Crippen LogP contribution in [0.25, 0.3) is 0 Å². The van der Waals surface area contributed by atoms with Crippen LogP contribution in [0.1, 0.15) is 39.3 Å². The van der Waals surface area contributed by atoms with Gasteiger partial charge in [-0.05, 0) is 49.6 Å². The predicted molar refractivity (Wildman–Crippen MR) is 109 cm³/mol. The van der Waals surface area contributed by atoms with E-state index in [2.05, 4.69) is 16.0 Å². The lowest BCUT2D eigenvalue weighted by molar-refractivity contribution is -0.137. The summed E-state index contributed by atoms with van der Waals surface area (Å²) in [6, 6.07) is 7.51. The highest BCUT2D eigenvalue weighted by Gasteiger charge is 2.33. The summed E-state index contributed by atoms with van der Waals surface area (Å²) in [5.41, 5.74) is 1.54. The van der Waals surface area contributed by atoms with Gasteiger partial charge in [0.15, 0.2) is 5.76 Å². The Morgan fingerprint density at radius 1 is 1.17 bits per heavy atom. The first-order valence-corrected chi connectivity index (χ1v) is 9.65. The van der Waals surface area contributed by atoms with Crippen molar-refractivity contribution in [1.29, 1.82) is 0 Å². The minimum atomic E-state index is -0.498. The fraction of sp³-hybridized carbons (Fsp3) is 0.333. The Hall–Kier alpha value is -3.62. The fourth-order valence-corrected chi connectivity index (χ4v) is 3.35. The van der Waals surface area contributed by atoms with E-state index in [1.54, 1.807) is 31.2 Å². The number of hydrogen-bond donors (Lipinski definition) is 3. The van der Waals surface area contributed by atoms with E-state index in [1.165, 1.54) is 24.3 Å². The summed E-state index contributed by atoms with van der Waals surface area (Å²) in [6.45, 7) is 2.07. The molecule has 158 valence electrons. The van der Waals surface area contributed by atoms with Gasteiger partial charge in [0.2, 0.25) is 11.8 Å². The second-order valence-corrected chi connectivity index (χ2v) is 7.00. The largest absolute Gasteiger partial charge is 0.459 e. The van der Waals surface area contributed by atoms with Crippen LogP contribution in [-0.2, 0) is 9.59 Å². The number of anilines is 1. The lowest BCUT2D eigenvalue weighted by Gasteiger charge is -2.23. The second kappa shape index (κ2) is 9.25. The molecular formula is C21H24N4O5. The van der Waals surface area contributed by atoms with Gasteiger partial charge in [0.05, 0.1) is 12.8 Å². The second-order valence-electron chi connectivity index (χ2n) is 7.00. The minimum absolute atomic E-state index is 0.158. The van der Waals surface area contributed by atoms with E-state index in [9.17, 15) is 19.2 Å². The van der Waals surface area contributed by atoms with Crippen molar-refractivity contribution in [3.63, 3.8) is 0 Å². The maximum Gasteiger partial charge on any atom is 0.291 e. The number of carbonyl (C=O) groups is 4. The molecular weight excluding hydrogens is 388 g/mol. The quantitative estimate of drug-likeness (QED) is 0.661. The van der Waals surface area contributed by atoms with Gasteiger partial charge in [-0.3, -0.25) is 19.2 Å². The molecule has 9 nitrogen and oxygen atoms in total. The Bertz CT molecular complexity index is 954. The van der Waals surface area contributed by atoms with Gasteiger partial charge in [-0.15, -0.1) is 0 Å². The molecule has 1 fully saturated rings. The van der Waals surface area contributed by atoms with Gasteiger partial charge >= 0.3 is 0 Å². The van der Waals surface area contributed by atoms with Gasteiger partial charge in [0, 0.05) is 24.8 Å². The normalized spacial score (nSPS) is 15.5. The zero-order valence-corrected chi connectivity index (χ0v) is 16.9. The van der Waals surface area contributed by atoms with E-state index in [0.29, 0.717) is 24.2 Å². The molecule has 2 heterocycles. The van der Waals surface area contributed by atoms with Crippen molar-refractivity contribution in [3.8, 4) is 0 Å². The van der Waals surface area contributed by atoms with Crippen molar-refractivity contribution in [3.05, 3.63) is 53.5 Å². The van der Waals surface area contributed by atoms with Gasteiger partial charge in [0.1, 0.15) is 6.04 Å². The third kappa shape index (κ3) is 4.68. The van der Waals surface area contributed by atoms with E-state index in [-0.39, 0.29) is 24.1 Å². The summed E-state index contributed by atoms with van der Waals surface area (Å²) in [4.78, 5) is 50.6. The molecule has 4 amide bonds. The summed E-state index contributed by atoms with van der Waals surface area (Å²) in [5, 5.41) is 7.86. The van der Waals surface area contributed by atoms with E-state index < -0.39 is 17.9 Å². The summed E-state index contributed by atoms with van der Waals surface area (Å²) in [6.07, 6.45) is 2.75. The van der Waals surface area contributed by atoms with Crippen molar-refractivity contribution in [2.24, 2.45) is 0 Å². The number of likely N-dealkylation sites (tertiary alicyclic amines) is 1. The number of nitrogens with zero attached hydrogens (tertiary/aromatic N) is 1. The Kier molecular flexibility index (Phi) is 6.51. The number of rotatable bonds is 6. The highest BCUT2D eigenvalue weighted by atomic mass is 16.3. The summed E-state index contributed by atoms with van der Waals surface area (Å²) in [7, 11) is 1.53. The lowest BCUT2D eigenvalue weighted by Crippen LogP contribution is -2.48. The minimum Gasteiger partial charge on any atom is -0.459 e. The maximum absolute atomic E-state index is 12.5. The predicted octanol–water partition coefficient (Wildman–Crippen LogP) is 1.31. The van der Waals surface area contributed by atoms with Crippen molar-refractivity contribution in [1.82, 2.24) is 15.5 Å². The Morgan fingerprint density at radius 3 is 2.67 bits per heavy atom. The molecule has 3 rings (SSSR count). The van der Waals surface area contributed by atoms with Crippen LogP contribution in [0.3, 0.4) is 0 Å². The molecule has 0 spiro atoms. The Labute approximate surface area is 173 Å². The Balaban J connectivity index is 1.62. The van der Waals surface area contributed by atoms with E-state index >= 15 is 0 Å². The molecule has 1 saturated heterocycles. The molecule has 0 radical (unpaired) electrons. The molecule has 0 bridgehead atoms. The first-order valence-electron chi connectivity index (χ1n) is 9.65. The van der Waals surface area contributed by atoms with Crippen molar-refractivity contribution in [2.75, 3.05) is 25.5 Å². The van der Waals surface area contributed by atoms with Crippen molar-refractivity contribution < 1.29 is 23.6 Å². The topological polar surface area (TPSA) is 121 Å². The molecule has 1 aliphatic rings. The van der Waals surface area contributed by atoms with Gasteiger partial charge in [-0.25, -0.2) is 0 Å². The van der Waals surface area contributed by atoms with Crippen molar-refractivity contribution >= 4 is 29.3 Å². The lowest BCUT2D eigenvalue weighted by atomic mass is 10.1. The molecule has 1 aromatic heterocycles. The van der Waals surface area contributed by atoms with E-state index in [0.717, 1.165) is 12.0 Å². The fourth-order valence-electron chi connectivity index (χ4n) is 3.35. The van der Waals surface area contributed by atoms with Crippen molar-refractivity contribution in [2.45, 2.75) is 25.8 Å². The molecule has 1 atom stereocenters. The number of nitrogens with one attached hydrogen (secondary N) is 3. The molecule has 30 heavy (non-hydrogen) atoms. The van der Waals surface area contributed by atoms with E-state index in [4.69, 9.17) is 4.42 Å². The number of aryl methyl sites for hydroxylation is 1. The van der Waals surface area contributed by atoms with Gasteiger partial charge in [0.25, 0.3) is 11.8 Å². The van der Waals surface area contributed by atoms with Crippen LogP contribution in [0.2, 0.25) is 0 Å². The number of furan rings is 1. The number of benzene rings is 1. The SMILES string of the molecule is CNC(=O)C1CCCN1C(=O)CNC(=O)c1ccc(C)c(NC(=O)c2ccco2)c1. The van der Waals surface area contributed by atoms with Crippen LogP contribution < -0.4 is 16.0 Å². The smallest absolute Gasteiger partial charge is 0.291 e. The number of amides is 4. The molecule has 0 saturated carbocycles. The summed E-state index contributed by atoms with van der Waals surface area (Å²) >= 11 is 0. The van der Waals surface area contributed by atoms with Crippen LogP contribution in [0.5, 0.6) is 0 Å². The molecule has 9 heteroatoms. The highest BCUT2D eigenvalue weighted by Crippen LogP contribution is 2.19. The standard InChI is InChI=1S/C21H24N4O5/c1-13-7-8-14(11-15(13)24-21(29)17-6-4-10-30-17)19(27)23-12-18(26)25-9-3-5-16(25)20(28)22-2/h4,6-8,10-11,16H,3,5,9,12H2,1-2H3,(H,22,28)(H,23,27)(H,24,29). The average Bonchev–Trinajstić information content (AvgIpc) is 3.44. The van der Waals surface area contributed by atoms with Crippen LogP contribution in [0.15, 0.2) is 41.0 Å². The summed E-state index contributed by atoms with van der Waals surface area (Å²) in [5.74, 6) is -1.24. The van der Waals surface area contributed by atoms with Crippen LogP contribution >= 0.6 is 0 Å². The summed E-state index contributed by atoms with van der Waals surface area (Å²) < 4.78 is 5.07. The highest BCUT2D eigenvalue weighted by molar-refractivity contribution is 6.04. The molecule has 3 N–H and O–H groups in total. The van der Waals surface area contributed by atoms with Gasteiger partial charge in [-0.1, -0.05) is 6.07 Å². The molecule has 0 aliphatic carbocycles. The maximum atomic E-state index is 12.5. The average molecular weight is 412 g/mol. The van der Waals surface area contributed by atoms with Gasteiger partial charge < -0.3 is 25.3 Å². The number of carbonyl (C=O) groups excluding carboxylic acids is 4. The monoisotopic (exact) mass is 412 g/mol. The Morgan fingerprint density at radius 2 is 1.97 bits per heavy atom. The molecule has 1 unspecified atom stereocenters. The zero-order valence-electron chi connectivity index (χ0n) is 16.9. The molecule has 2 aromatic rings. The third-order valence-electron chi connectivity index (χ3n) is 5.02. The number of likely N-dealkylation sites (N-methyl/N-ethyl adjacent to an activating group) is 1. The molecule has 1 aliphatic heterocycles.